The summed E-state index contributed by atoms with van der Waals surface area (Å²) in [7, 11) is 0. The molecule has 3 nitrogen and oxygen atoms in total. The third-order valence-corrected chi connectivity index (χ3v) is 2.13. The highest BCUT2D eigenvalue weighted by Gasteiger charge is 2.05. The molecular formula is C13H18FNO2. The fraction of sp³-hybridized carbons (Fsp3) is 0.462. The zero-order valence-electron chi connectivity index (χ0n) is 10.2. The molecule has 0 bridgehead atoms. The molecule has 0 saturated heterocycles. The van der Waals surface area contributed by atoms with Gasteiger partial charge in [0.05, 0.1) is 13.0 Å². The summed E-state index contributed by atoms with van der Waals surface area (Å²) in [5, 5.41) is 2.77. The van der Waals surface area contributed by atoms with E-state index in [0.717, 1.165) is 0 Å². The number of benzene rings is 1. The van der Waals surface area contributed by atoms with E-state index in [4.69, 9.17) is 4.74 Å². The second-order valence-electron chi connectivity index (χ2n) is 4.23. The molecule has 0 spiro atoms. The lowest BCUT2D eigenvalue weighted by Gasteiger charge is -2.09. The fourth-order valence-corrected chi connectivity index (χ4v) is 1.22. The molecule has 4 heteroatoms. The van der Waals surface area contributed by atoms with E-state index < -0.39 is 5.82 Å². The average Bonchev–Trinajstić information content (AvgIpc) is 2.29. The third kappa shape index (κ3) is 5.33. The Morgan fingerprint density at radius 1 is 1.41 bits per heavy atom. The van der Waals surface area contributed by atoms with Gasteiger partial charge in [0.1, 0.15) is 0 Å². The van der Waals surface area contributed by atoms with E-state index >= 15 is 0 Å². The van der Waals surface area contributed by atoms with E-state index in [1.807, 2.05) is 13.8 Å². The lowest BCUT2D eigenvalue weighted by Crippen LogP contribution is -2.28. The summed E-state index contributed by atoms with van der Waals surface area (Å²) in [5.74, 6) is 0.126. The monoisotopic (exact) mass is 239 g/mol. The number of hydrogen-bond acceptors (Lipinski definition) is 2. The Labute approximate surface area is 101 Å². The van der Waals surface area contributed by atoms with Crippen molar-refractivity contribution in [3.8, 4) is 5.75 Å². The quantitative estimate of drug-likeness (QED) is 0.827. The second-order valence-corrected chi connectivity index (χ2v) is 4.23. The van der Waals surface area contributed by atoms with E-state index in [9.17, 15) is 9.18 Å². The number of carbonyl (C=O) groups is 1. The number of para-hydroxylation sites is 1. The van der Waals surface area contributed by atoms with Gasteiger partial charge in [-0.3, -0.25) is 4.79 Å². The van der Waals surface area contributed by atoms with Gasteiger partial charge in [-0.1, -0.05) is 26.0 Å². The Balaban J connectivity index is 2.24. The highest BCUT2D eigenvalue weighted by molar-refractivity contribution is 5.75. The van der Waals surface area contributed by atoms with Crippen molar-refractivity contribution in [3.63, 3.8) is 0 Å². The Hall–Kier alpha value is -1.58. The molecular weight excluding hydrogens is 221 g/mol. The van der Waals surface area contributed by atoms with Crippen LogP contribution in [0.3, 0.4) is 0 Å². The minimum Gasteiger partial charge on any atom is -0.490 e. The first-order valence-electron chi connectivity index (χ1n) is 5.73. The molecule has 0 saturated carbocycles. The lowest BCUT2D eigenvalue weighted by atomic mass is 10.2. The minimum atomic E-state index is -0.407. The first kappa shape index (κ1) is 13.5. The molecule has 1 amide bonds. The third-order valence-electron chi connectivity index (χ3n) is 2.13. The SMILES string of the molecule is CC(C)CNC(=O)CCOc1ccccc1F. The Morgan fingerprint density at radius 2 is 2.12 bits per heavy atom. The van der Waals surface area contributed by atoms with Gasteiger partial charge in [0.15, 0.2) is 11.6 Å². The van der Waals surface area contributed by atoms with Crippen LogP contribution in [0.25, 0.3) is 0 Å². The maximum Gasteiger partial charge on any atom is 0.223 e. The molecule has 0 unspecified atom stereocenters. The van der Waals surface area contributed by atoms with Gasteiger partial charge in [-0.15, -0.1) is 0 Å². The Bertz CT molecular complexity index is 366. The number of halogens is 1. The van der Waals surface area contributed by atoms with Crippen LogP contribution in [0, 0.1) is 11.7 Å². The largest absolute Gasteiger partial charge is 0.490 e. The summed E-state index contributed by atoms with van der Waals surface area (Å²) in [5.41, 5.74) is 0. The van der Waals surface area contributed by atoms with Gasteiger partial charge >= 0.3 is 0 Å². The molecule has 1 N–H and O–H groups in total. The van der Waals surface area contributed by atoms with Crippen molar-refractivity contribution in [2.45, 2.75) is 20.3 Å². The molecule has 1 rings (SSSR count). The van der Waals surface area contributed by atoms with Gasteiger partial charge in [-0.2, -0.15) is 0 Å². The first-order chi connectivity index (χ1) is 8.09. The topological polar surface area (TPSA) is 38.3 Å². The predicted octanol–water partition coefficient (Wildman–Crippen LogP) is 2.37. The van der Waals surface area contributed by atoms with E-state index in [2.05, 4.69) is 5.32 Å². The first-order valence-corrected chi connectivity index (χ1v) is 5.73. The molecule has 1 aromatic carbocycles. The van der Waals surface area contributed by atoms with Crippen LogP contribution in [0.4, 0.5) is 4.39 Å². The maximum atomic E-state index is 13.1. The fourth-order valence-electron chi connectivity index (χ4n) is 1.22. The molecule has 0 aliphatic carbocycles. The van der Waals surface area contributed by atoms with Crippen molar-refractivity contribution < 1.29 is 13.9 Å². The maximum absolute atomic E-state index is 13.1. The molecule has 0 atom stereocenters. The van der Waals surface area contributed by atoms with Crippen molar-refractivity contribution in [3.05, 3.63) is 30.1 Å². The van der Waals surface area contributed by atoms with E-state index in [0.29, 0.717) is 12.5 Å². The summed E-state index contributed by atoms with van der Waals surface area (Å²) in [4.78, 5) is 11.3. The van der Waals surface area contributed by atoms with Crippen molar-refractivity contribution in [1.82, 2.24) is 5.32 Å². The van der Waals surface area contributed by atoms with E-state index in [1.54, 1.807) is 18.2 Å². The number of hydrogen-bond donors (Lipinski definition) is 1. The molecule has 94 valence electrons. The second kappa shape index (κ2) is 6.89. The number of carbonyl (C=O) groups excluding carboxylic acids is 1. The highest BCUT2D eigenvalue weighted by atomic mass is 19.1. The normalized spacial score (nSPS) is 10.4. The standard InChI is InChI=1S/C13H18FNO2/c1-10(2)9-15-13(16)7-8-17-12-6-4-3-5-11(12)14/h3-6,10H,7-9H2,1-2H3,(H,15,16). The van der Waals surface area contributed by atoms with Crippen LogP contribution >= 0.6 is 0 Å². The number of nitrogens with one attached hydrogen (secondary N) is 1. The van der Waals surface area contributed by atoms with Crippen LogP contribution in [0.2, 0.25) is 0 Å². The molecule has 0 fully saturated rings. The molecule has 0 aliphatic heterocycles. The molecule has 1 aromatic rings. The van der Waals surface area contributed by atoms with E-state index in [1.165, 1.54) is 6.07 Å². The van der Waals surface area contributed by atoms with Crippen LogP contribution in [0.1, 0.15) is 20.3 Å². The molecule has 0 aromatic heterocycles. The Morgan fingerprint density at radius 3 is 2.76 bits per heavy atom. The number of amides is 1. The Kier molecular flexibility index (Phi) is 5.46. The summed E-state index contributed by atoms with van der Waals surface area (Å²) in [6.07, 6.45) is 0.237. The van der Waals surface area contributed by atoms with Crippen LogP contribution in [0.5, 0.6) is 5.75 Å². The van der Waals surface area contributed by atoms with Crippen LogP contribution in [0.15, 0.2) is 24.3 Å². The average molecular weight is 239 g/mol. The van der Waals surface area contributed by atoms with Gasteiger partial charge in [0.2, 0.25) is 5.91 Å². The summed E-state index contributed by atoms with van der Waals surface area (Å²) in [6.45, 7) is 4.88. The molecule has 0 heterocycles. The highest BCUT2D eigenvalue weighted by Crippen LogP contribution is 2.15. The van der Waals surface area contributed by atoms with Gasteiger partial charge in [-0.05, 0) is 18.1 Å². The van der Waals surface area contributed by atoms with Gasteiger partial charge in [0.25, 0.3) is 0 Å². The van der Waals surface area contributed by atoms with Crippen molar-refractivity contribution in [2.24, 2.45) is 5.92 Å². The summed E-state index contributed by atoms with van der Waals surface area (Å²) in [6, 6.07) is 6.16. The van der Waals surface area contributed by atoms with Crippen molar-refractivity contribution >= 4 is 5.91 Å². The molecule has 0 aliphatic rings. The number of ether oxygens (including phenoxy) is 1. The zero-order valence-corrected chi connectivity index (χ0v) is 10.2. The van der Waals surface area contributed by atoms with Crippen LogP contribution in [-0.2, 0) is 4.79 Å². The molecule has 17 heavy (non-hydrogen) atoms. The van der Waals surface area contributed by atoms with Crippen LogP contribution < -0.4 is 10.1 Å². The van der Waals surface area contributed by atoms with Crippen molar-refractivity contribution in [2.75, 3.05) is 13.2 Å². The van der Waals surface area contributed by atoms with E-state index in [-0.39, 0.29) is 24.7 Å². The van der Waals surface area contributed by atoms with Gasteiger partial charge in [0, 0.05) is 6.54 Å². The van der Waals surface area contributed by atoms with Crippen molar-refractivity contribution in [1.29, 1.82) is 0 Å². The van der Waals surface area contributed by atoms with Crippen LogP contribution in [-0.4, -0.2) is 19.1 Å². The smallest absolute Gasteiger partial charge is 0.223 e. The number of rotatable bonds is 6. The van der Waals surface area contributed by atoms with Gasteiger partial charge in [-0.25, -0.2) is 4.39 Å². The predicted molar refractivity (Wildman–Crippen MR) is 64.4 cm³/mol. The zero-order chi connectivity index (χ0) is 12.7. The summed E-state index contributed by atoms with van der Waals surface area (Å²) >= 11 is 0. The molecule has 0 radical (unpaired) electrons. The minimum absolute atomic E-state index is 0.0740. The summed E-state index contributed by atoms with van der Waals surface area (Å²) < 4.78 is 18.3. The van der Waals surface area contributed by atoms with Gasteiger partial charge < -0.3 is 10.1 Å². The lowest BCUT2D eigenvalue weighted by molar-refractivity contribution is -0.121.